The maximum absolute atomic E-state index is 15.4. The molecule has 0 aliphatic carbocycles. The fraction of sp³-hybridized carbons (Fsp3) is 0.500. The molecule has 0 unspecified atom stereocenters. The molecule has 4 aromatic carbocycles. The lowest BCUT2D eigenvalue weighted by Crippen LogP contribution is -3.12. The van der Waals surface area contributed by atoms with Crippen LogP contribution in [0, 0.1) is 134 Å². The van der Waals surface area contributed by atoms with Crippen molar-refractivity contribution in [1.29, 1.82) is 0 Å². The van der Waals surface area contributed by atoms with Gasteiger partial charge in [0.2, 0.25) is 0 Å². The van der Waals surface area contributed by atoms with Gasteiger partial charge in [0.15, 0.2) is 69.8 Å². The molecule has 0 aliphatic heterocycles. The van der Waals surface area contributed by atoms with Crippen LogP contribution in [0.4, 0.5) is 87.8 Å². The van der Waals surface area contributed by atoms with Gasteiger partial charge in [0.1, 0.15) is 52.7 Å². The minimum absolute atomic E-state index is 0.880. The lowest BCUT2D eigenvalue weighted by molar-refractivity contribution is -0.900. The number of hydrogen-bond donors (Lipinski definition) is 1. The fourth-order valence-corrected chi connectivity index (χ4v) is 8.56. The average molecular weight is 1030 g/mol. The van der Waals surface area contributed by atoms with Crippen LogP contribution in [0.3, 0.4) is 0 Å². The van der Waals surface area contributed by atoms with E-state index in [0.717, 1.165) is 17.8 Å². The van der Waals surface area contributed by atoms with E-state index in [9.17, 15) is 52.7 Å². The third-order valence-electron chi connectivity index (χ3n) is 12.1. The molecule has 0 spiro atoms. The summed E-state index contributed by atoms with van der Waals surface area (Å²) >= 11 is 0. The van der Waals surface area contributed by atoms with Gasteiger partial charge in [0, 0.05) is 0 Å². The van der Waals surface area contributed by atoms with Crippen LogP contribution in [-0.4, -0.2) is 25.8 Å². The predicted molar refractivity (Wildman–Crippen MR) is 225 cm³/mol. The van der Waals surface area contributed by atoms with E-state index in [2.05, 4.69) is 41.5 Å². The predicted octanol–water partition coefficient (Wildman–Crippen LogP) is 12.4. The molecule has 0 radical (unpaired) electrons. The Labute approximate surface area is 392 Å². The maximum Gasteiger partial charge on any atom is 0.200 e. The van der Waals surface area contributed by atoms with Crippen molar-refractivity contribution in [3.63, 3.8) is 0 Å². The van der Waals surface area contributed by atoms with E-state index in [1.807, 2.05) is 4.90 Å². The van der Waals surface area contributed by atoms with E-state index in [-0.39, 0.29) is 0 Å². The molecule has 0 heterocycles. The molecule has 0 fully saturated rings. The third kappa shape index (κ3) is 12.7. The summed E-state index contributed by atoms with van der Waals surface area (Å²) in [5.41, 5.74) is -14.3. The van der Waals surface area contributed by atoms with Crippen LogP contribution < -0.4 is 26.8 Å². The molecule has 0 amide bonds. The number of rotatable bonds is 22. The molecule has 70 heavy (non-hydrogen) atoms. The number of quaternary nitrogens is 1. The Morgan fingerprint density at radius 1 is 0.243 bits per heavy atom. The van der Waals surface area contributed by atoms with E-state index < -0.39 is 144 Å². The summed E-state index contributed by atoms with van der Waals surface area (Å²) in [6.45, 7) is 18.4. The zero-order chi connectivity index (χ0) is 53.3. The van der Waals surface area contributed by atoms with Gasteiger partial charge in [0.05, 0.1) is 19.6 Å². The van der Waals surface area contributed by atoms with Crippen molar-refractivity contribution < 1.29 is 92.7 Å². The second kappa shape index (κ2) is 25.8. The third-order valence-corrected chi connectivity index (χ3v) is 12.1. The van der Waals surface area contributed by atoms with Crippen molar-refractivity contribution in [2.24, 2.45) is 17.8 Å². The summed E-state index contributed by atoms with van der Waals surface area (Å²) in [7, 11) is 0. The van der Waals surface area contributed by atoms with Crippen molar-refractivity contribution in [3.8, 4) is 0 Å². The van der Waals surface area contributed by atoms with Crippen molar-refractivity contribution in [2.45, 2.75) is 119 Å². The molecular weight excluding hydrogens is 981 g/mol. The molecule has 0 atom stereocenters. The molecular formula is C48H52BF20N. The van der Waals surface area contributed by atoms with Crippen LogP contribution >= 0.6 is 0 Å². The van der Waals surface area contributed by atoms with Gasteiger partial charge in [-0.25, -0.2) is 87.8 Å². The van der Waals surface area contributed by atoms with Crippen LogP contribution in [0.25, 0.3) is 0 Å². The summed E-state index contributed by atoms with van der Waals surface area (Å²) < 4.78 is 294. The van der Waals surface area contributed by atoms with E-state index in [4.69, 9.17) is 0 Å². The molecule has 0 saturated carbocycles. The van der Waals surface area contributed by atoms with E-state index in [1.54, 1.807) is 0 Å². The highest BCUT2D eigenvalue weighted by molar-refractivity contribution is 7.20. The van der Waals surface area contributed by atoms with Crippen LogP contribution in [0.1, 0.15) is 119 Å². The van der Waals surface area contributed by atoms with E-state index in [0.29, 0.717) is 0 Å². The Balaban J connectivity index is 0.000000442. The Morgan fingerprint density at radius 2 is 0.400 bits per heavy atom. The van der Waals surface area contributed by atoms with Gasteiger partial charge in [-0.2, -0.15) is 0 Å². The molecule has 0 saturated heterocycles. The van der Waals surface area contributed by atoms with Gasteiger partial charge in [-0.3, -0.25) is 0 Å². The molecule has 4 rings (SSSR count). The Morgan fingerprint density at radius 3 is 0.557 bits per heavy atom. The lowest BCUT2D eigenvalue weighted by atomic mass is 9.12. The normalized spacial score (nSPS) is 12.1. The fourth-order valence-electron chi connectivity index (χ4n) is 8.56. The van der Waals surface area contributed by atoms with Crippen molar-refractivity contribution in [2.75, 3.05) is 19.6 Å². The second-order valence-electron chi connectivity index (χ2n) is 18.5. The minimum atomic E-state index is -7.22. The number of nitrogens with one attached hydrogen (secondary N) is 1. The molecule has 1 N–H and O–H groups in total. The topological polar surface area (TPSA) is 4.44 Å². The molecule has 4 aromatic rings. The number of hydrogen-bond acceptors (Lipinski definition) is 0. The molecule has 392 valence electrons. The van der Waals surface area contributed by atoms with Gasteiger partial charge in [-0.05, 0) is 56.3 Å². The van der Waals surface area contributed by atoms with Crippen LogP contribution in [-0.2, 0) is 0 Å². The largest absolute Gasteiger partial charge is 0.335 e. The molecule has 0 aromatic heterocycles. The van der Waals surface area contributed by atoms with Crippen molar-refractivity contribution in [1.82, 2.24) is 0 Å². The maximum atomic E-state index is 15.4. The van der Waals surface area contributed by atoms with Crippen LogP contribution in [0.2, 0.25) is 0 Å². The summed E-state index contributed by atoms with van der Waals surface area (Å²) in [5.74, 6) is -68.8. The number of halogens is 20. The first kappa shape index (κ1) is 59.8. The first-order chi connectivity index (χ1) is 32.6. The number of unbranched alkanes of at least 4 members (excludes halogenated alkanes) is 6. The van der Waals surface area contributed by atoms with Gasteiger partial charge < -0.3 is 4.90 Å². The highest BCUT2D eigenvalue weighted by atomic mass is 19.2. The highest BCUT2D eigenvalue weighted by Gasteiger charge is 2.52. The average Bonchev–Trinajstić information content (AvgIpc) is 3.30. The monoisotopic (exact) mass is 1030 g/mol. The zero-order valence-corrected chi connectivity index (χ0v) is 39.0. The van der Waals surface area contributed by atoms with Crippen molar-refractivity contribution in [3.05, 3.63) is 116 Å². The van der Waals surface area contributed by atoms with E-state index in [1.165, 1.54) is 96.7 Å². The SMILES string of the molecule is CC(C)CCCCC[NH+](CCCCCC(C)C)CCCCCC(C)C.Fc1c(F)c(F)c([B-](c2c(F)c(F)c(F)c(F)c2F)(c2c(F)c(F)c(F)c(F)c2F)c2c(F)c(F)c(F)c(F)c2F)c(F)c1F. The lowest BCUT2D eigenvalue weighted by Gasteiger charge is -2.44. The van der Waals surface area contributed by atoms with Gasteiger partial charge in [-0.1, -0.05) is 80.1 Å². The van der Waals surface area contributed by atoms with Crippen molar-refractivity contribution >= 4 is 28.0 Å². The molecule has 1 nitrogen and oxygen atoms in total. The van der Waals surface area contributed by atoms with Gasteiger partial charge in [-0.15, -0.1) is 21.9 Å². The van der Waals surface area contributed by atoms with Crippen LogP contribution in [0.15, 0.2) is 0 Å². The zero-order valence-electron chi connectivity index (χ0n) is 39.0. The highest BCUT2D eigenvalue weighted by Crippen LogP contribution is 2.31. The second-order valence-corrected chi connectivity index (χ2v) is 18.5. The Kier molecular flexibility index (Phi) is 22.0. The summed E-state index contributed by atoms with van der Waals surface area (Å²) in [6.07, 6.45) is 10.0. The molecule has 22 heteroatoms. The summed E-state index contributed by atoms with van der Waals surface area (Å²) in [6, 6.07) is 0. The van der Waals surface area contributed by atoms with Gasteiger partial charge >= 0.3 is 0 Å². The quantitative estimate of drug-likeness (QED) is 0.0263. The van der Waals surface area contributed by atoms with Gasteiger partial charge in [0.25, 0.3) is 0 Å². The first-order valence-electron chi connectivity index (χ1n) is 22.7. The smallest absolute Gasteiger partial charge is 0.200 e. The standard InChI is InChI=1S/C24BF20.C24H51N/c26-5-1(6(27)14(35)21(42)13(5)34)25(2-7(28)15(36)22(43)16(37)8(2)29,3-9(30)17(38)23(44)18(39)10(3)31)4-11(32)19(40)24(45)20(41)12(4)33;1-22(2)16-10-7-13-19-25(20-14-8-11-17-23(3)4)21-15-9-12-18-24(5)6/h;22-24H,7-21H2,1-6H3/q-1;/p+1. The Bertz CT molecular complexity index is 2010. The first-order valence-corrected chi connectivity index (χ1v) is 22.7. The van der Waals surface area contributed by atoms with Crippen LogP contribution in [0.5, 0.6) is 0 Å². The summed E-state index contributed by atoms with van der Waals surface area (Å²) in [4.78, 5) is 1.90. The molecule has 0 aliphatic rings. The number of benzene rings is 4. The molecule has 0 bridgehead atoms. The summed E-state index contributed by atoms with van der Waals surface area (Å²) in [5, 5.41) is 0. The minimum Gasteiger partial charge on any atom is -0.335 e. The Hall–Kier alpha value is -4.50. The van der Waals surface area contributed by atoms with E-state index >= 15 is 35.1 Å².